The van der Waals surface area contributed by atoms with Crippen LogP contribution >= 0.6 is 0 Å². The van der Waals surface area contributed by atoms with Gasteiger partial charge < -0.3 is 14.6 Å². The molecule has 0 amide bonds. The number of alkyl halides is 1. The number of cyclic esters (lactones) is 1. The fourth-order valence-corrected chi connectivity index (χ4v) is 2.09. The molecule has 0 aliphatic carbocycles. The van der Waals surface area contributed by atoms with E-state index in [9.17, 15) is 19.1 Å². The predicted octanol–water partition coefficient (Wildman–Crippen LogP) is 1.47. The van der Waals surface area contributed by atoms with Gasteiger partial charge in [-0.2, -0.15) is 0 Å². The van der Waals surface area contributed by atoms with Gasteiger partial charge in [0.1, 0.15) is 6.10 Å². The maximum absolute atomic E-state index is 14.3. The number of hydrogen-bond donors (Lipinski definition) is 1. The minimum absolute atomic E-state index is 0.247. The summed E-state index contributed by atoms with van der Waals surface area (Å²) in [5, 5.41) is 10.1. The van der Waals surface area contributed by atoms with Crippen molar-refractivity contribution in [1.82, 2.24) is 0 Å². The SMILES string of the molecule is CC(=O)OC1C=CC(=O)O[C@H]1[C@@H](O)[C@H](F)c1ccccc1. The molecular weight excluding hydrogens is 279 g/mol. The summed E-state index contributed by atoms with van der Waals surface area (Å²) in [5.74, 6) is -1.34. The first-order valence-corrected chi connectivity index (χ1v) is 6.42. The summed E-state index contributed by atoms with van der Waals surface area (Å²) in [6.07, 6.45) is -3.37. The zero-order chi connectivity index (χ0) is 15.4. The molecule has 0 fully saturated rings. The van der Waals surface area contributed by atoms with Crippen LogP contribution in [-0.4, -0.2) is 35.4 Å². The van der Waals surface area contributed by atoms with Crippen LogP contribution in [0.1, 0.15) is 18.7 Å². The summed E-state index contributed by atoms with van der Waals surface area (Å²) in [7, 11) is 0. The number of benzene rings is 1. The molecule has 21 heavy (non-hydrogen) atoms. The van der Waals surface area contributed by atoms with Crippen molar-refractivity contribution in [3.05, 3.63) is 48.0 Å². The van der Waals surface area contributed by atoms with Crippen LogP contribution < -0.4 is 0 Å². The van der Waals surface area contributed by atoms with E-state index in [-0.39, 0.29) is 5.56 Å². The Morgan fingerprint density at radius 3 is 2.67 bits per heavy atom. The normalized spacial score (nSPS) is 24.0. The number of carbonyl (C=O) groups is 2. The molecule has 0 spiro atoms. The lowest BCUT2D eigenvalue weighted by molar-refractivity contribution is -0.174. The van der Waals surface area contributed by atoms with Crippen LogP contribution in [0.5, 0.6) is 0 Å². The van der Waals surface area contributed by atoms with Crippen LogP contribution in [-0.2, 0) is 19.1 Å². The van der Waals surface area contributed by atoms with Crippen molar-refractivity contribution in [2.24, 2.45) is 0 Å². The van der Waals surface area contributed by atoms with E-state index in [4.69, 9.17) is 9.47 Å². The van der Waals surface area contributed by atoms with Crippen molar-refractivity contribution in [2.45, 2.75) is 31.4 Å². The number of aliphatic hydroxyl groups is 1. The Balaban J connectivity index is 2.18. The molecule has 1 aromatic rings. The highest BCUT2D eigenvalue weighted by Gasteiger charge is 2.40. The minimum Gasteiger partial charge on any atom is -0.454 e. The maximum Gasteiger partial charge on any atom is 0.331 e. The van der Waals surface area contributed by atoms with Crippen molar-refractivity contribution >= 4 is 11.9 Å². The van der Waals surface area contributed by atoms with Gasteiger partial charge in [0.05, 0.1) is 0 Å². The van der Waals surface area contributed by atoms with E-state index in [0.717, 1.165) is 6.08 Å². The van der Waals surface area contributed by atoms with E-state index < -0.39 is 36.4 Å². The van der Waals surface area contributed by atoms with Crippen molar-refractivity contribution in [3.63, 3.8) is 0 Å². The Hall–Kier alpha value is -2.21. The third-order valence-electron chi connectivity index (χ3n) is 3.05. The third kappa shape index (κ3) is 3.66. The number of carbonyl (C=O) groups excluding carboxylic acids is 2. The average molecular weight is 294 g/mol. The summed E-state index contributed by atoms with van der Waals surface area (Å²) in [5.41, 5.74) is 0.247. The molecule has 4 atom stereocenters. The van der Waals surface area contributed by atoms with Crippen molar-refractivity contribution in [2.75, 3.05) is 0 Å². The second-order valence-corrected chi connectivity index (χ2v) is 4.64. The number of rotatable bonds is 4. The van der Waals surface area contributed by atoms with Crippen molar-refractivity contribution in [3.8, 4) is 0 Å². The van der Waals surface area contributed by atoms with Crippen LogP contribution in [0, 0.1) is 0 Å². The first kappa shape index (κ1) is 15.2. The standard InChI is InChI=1S/C15H15FO5/c1-9(17)20-11-7-8-12(18)21-15(11)14(19)13(16)10-5-3-2-4-6-10/h2-8,11,13-15,19H,1H3/t11?,13-,14+,15-/m1/s1. The lowest BCUT2D eigenvalue weighted by Gasteiger charge is -2.31. The van der Waals surface area contributed by atoms with Gasteiger partial charge in [-0.05, 0) is 11.6 Å². The van der Waals surface area contributed by atoms with E-state index in [0.29, 0.717) is 0 Å². The zero-order valence-corrected chi connectivity index (χ0v) is 11.3. The molecule has 0 saturated heterocycles. The monoisotopic (exact) mass is 294 g/mol. The molecule has 0 radical (unpaired) electrons. The van der Waals surface area contributed by atoms with Crippen molar-refractivity contribution < 1.29 is 28.6 Å². The first-order chi connectivity index (χ1) is 9.99. The van der Waals surface area contributed by atoms with Crippen LogP contribution in [0.3, 0.4) is 0 Å². The summed E-state index contributed by atoms with van der Waals surface area (Å²) < 4.78 is 24.2. The highest BCUT2D eigenvalue weighted by molar-refractivity contribution is 5.83. The number of aliphatic hydroxyl groups excluding tert-OH is 1. The fraction of sp³-hybridized carbons (Fsp3) is 0.333. The Morgan fingerprint density at radius 1 is 1.38 bits per heavy atom. The molecule has 0 bridgehead atoms. The molecule has 1 aromatic carbocycles. The van der Waals surface area contributed by atoms with Gasteiger partial charge in [-0.25, -0.2) is 9.18 Å². The van der Waals surface area contributed by atoms with E-state index in [1.54, 1.807) is 18.2 Å². The lowest BCUT2D eigenvalue weighted by Crippen LogP contribution is -2.46. The van der Waals surface area contributed by atoms with E-state index in [2.05, 4.69) is 0 Å². The molecule has 1 N–H and O–H groups in total. The molecule has 1 aliphatic rings. The van der Waals surface area contributed by atoms with Gasteiger partial charge in [0.15, 0.2) is 18.4 Å². The van der Waals surface area contributed by atoms with Crippen LogP contribution in [0.25, 0.3) is 0 Å². The summed E-state index contributed by atoms with van der Waals surface area (Å²) in [6, 6.07) is 7.99. The quantitative estimate of drug-likeness (QED) is 0.851. The average Bonchev–Trinajstić information content (AvgIpc) is 2.48. The van der Waals surface area contributed by atoms with Crippen molar-refractivity contribution in [1.29, 1.82) is 0 Å². The van der Waals surface area contributed by atoms with Gasteiger partial charge in [0, 0.05) is 13.0 Å². The number of esters is 2. The number of ether oxygens (including phenoxy) is 2. The van der Waals surface area contributed by atoms with Gasteiger partial charge in [-0.3, -0.25) is 4.79 Å². The molecule has 1 unspecified atom stereocenters. The first-order valence-electron chi connectivity index (χ1n) is 6.42. The van der Waals surface area contributed by atoms with Crippen LogP contribution in [0.15, 0.2) is 42.5 Å². The molecule has 2 rings (SSSR count). The minimum atomic E-state index is -1.77. The van der Waals surface area contributed by atoms with Gasteiger partial charge >= 0.3 is 11.9 Å². The number of halogens is 1. The van der Waals surface area contributed by atoms with Gasteiger partial charge in [0.2, 0.25) is 0 Å². The highest BCUT2D eigenvalue weighted by atomic mass is 19.1. The summed E-state index contributed by atoms with van der Waals surface area (Å²) in [6.45, 7) is 1.18. The molecule has 112 valence electrons. The van der Waals surface area contributed by atoms with Gasteiger partial charge in [-0.1, -0.05) is 30.3 Å². The molecule has 0 saturated carbocycles. The van der Waals surface area contributed by atoms with Crippen LogP contribution in [0.4, 0.5) is 4.39 Å². The topological polar surface area (TPSA) is 72.8 Å². The second-order valence-electron chi connectivity index (χ2n) is 4.64. The maximum atomic E-state index is 14.3. The smallest absolute Gasteiger partial charge is 0.331 e. The molecule has 5 nitrogen and oxygen atoms in total. The summed E-state index contributed by atoms with van der Waals surface area (Å²) >= 11 is 0. The zero-order valence-electron chi connectivity index (χ0n) is 11.3. The fourth-order valence-electron chi connectivity index (χ4n) is 2.09. The second kappa shape index (κ2) is 6.49. The molecule has 1 heterocycles. The lowest BCUT2D eigenvalue weighted by atomic mass is 9.97. The highest BCUT2D eigenvalue weighted by Crippen LogP contribution is 2.28. The Kier molecular flexibility index (Phi) is 4.70. The third-order valence-corrected chi connectivity index (χ3v) is 3.05. The van der Waals surface area contributed by atoms with E-state index in [1.165, 1.54) is 25.1 Å². The molecule has 1 aliphatic heterocycles. The summed E-state index contributed by atoms with van der Waals surface area (Å²) in [4.78, 5) is 22.3. The van der Waals surface area contributed by atoms with E-state index in [1.807, 2.05) is 0 Å². The van der Waals surface area contributed by atoms with Crippen LogP contribution in [0.2, 0.25) is 0 Å². The van der Waals surface area contributed by atoms with E-state index >= 15 is 0 Å². The molecule has 0 aromatic heterocycles. The predicted molar refractivity (Wildman–Crippen MR) is 70.9 cm³/mol. The Bertz CT molecular complexity index is 542. The van der Waals surface area contributed by atoms with Gasteiger partial charge in [-0.15, -0.1) is 0 Å². The molecule has 6 heteroatoms. The largest absolute Gasteiger partial charge is 0.454 e. The van der Waals surface area contributed by atoms with Gasteiger partial charge in [0.25, 0.3) is 0 Å². The molecular formula is C15H15FO5. The number of hydrogen-bond acceptors (Lipinski definition) is 5. The Morgan fingerprint density at radius 2 is 2.05 bits per heavy atom. The Labute approximate surface area is 121 Å².